The molecule has 2 aliphatic heterocycles. The van der Waals surface area contributed by atoms with Gasteiger partial charge in [0.25, 0.3) is 5.91 Å². The van der Waals surface area contributed by atoms with Gasteiger partial charge in [0.05, 0.1) is 12.2 Å². The molecule has 26 heavy (non-hydrogen) atoms. The Morgan fingerprint density at radius 2 is 2.00 bits per heavy atom. The lowest BCUT2D eigenvalue weighted by molar-refractivity contribution is -0.134. The highest BCUT2D eigenvalue weighted by Crippen LogP contribution is 2.31. The summed E-state index contributed by atoms with van der Waals surface area (Å²) in [5.41, 5.74) is 1.61. The Kier molecular flexibility index (Phi) is 4.95. The molecule has 4 rings (SSSR count). The fourth-order valence-corrected chi connectivity index (χ4v) is 3.88. The minimum Gasteiger partial charge on any atom is -0.372 e. The van der Waals surface area contributed by atoms with E-state index < -0.39 is 0 Å². The highest BCUT2D eigenvalue weighted by molar-refractivity contribution is 5.92. The highest BCUT2D eigenvalue weighted by Gasteiger charge is 2.40. The fourth-order valence-electron chi connectivity index (χ4n) is 3.88. The first kappa shape index (κ1) is 17.1. The van der Waals surface area contributed by atoms with Gasteiger partial charge in [0.2, 0.25) is 0 Å². The summed E-state index contributed by atoms with van der Waals surface area (Å²) in [7, 11) is 0. The van der Waals surface area contributed by atoms with E-state index in [0.29, 0.717) is 5.69 Å². The molecule has 6 heteroatoms. The molecule has 4 heterocycles. The van der Waals surface area contributed by atoms with Crippen LogP contribution in [0, 0.1) is 0 Å². The van der Waals surface area contributed by atoms with Crippen molar-refractivity contribution in [2.45, 2.75) is 25.0 Å². The van der Waals surface area contributed by atoms with E-state index in [2.05, 4.69) is 20.9 Å². The van der Waals surface area contributed by atoms with Crippen LogP contribution in [0.4, 0.5) is 0 Å². The van der Waals surface area contributed by atoms with E-state index in [1.165, 1.54) is 5.56 Å². The summed E-state index contributed by atoms with van der Waals surface area (Å²) < 4.78 is 6.20. The number of ether oxygens (including phenoxy) is 1. The number of pyridine rings is 2. The van der Waals surface area contributed by atoms with E-state index in [-0.39, 0.29) is 11.5 Å². The summed E-state index contributed by atoms with van der Waals surface area (Å²) in [5, 5.41) is 0. The van der Waals surface area contributed by atoms with Gasteiger partial charge in [-0.25, -0.2) is 0 Å². The predicted octanol–water partition coefficient (Wildman–Crippen LogP) is 1.98. The molecule has 0 atom stereocenters. The summed E-state index contributed by atoms with van der Waals surface area (Å²) in [6.45, 7) is 4.93. The first-order chi connectivity index (χ1) is 12.7. The number of amides is 1. The van der Waals surface area contributed by atoms with Crippen LogP contribution < -0.4 is 0 Å². The summed E-state index contributed by atoms with van der Waals surface area (Å²) in [4.78, 5) is 25.3. The number of likely N-dealkylation sites (tertiary alicyclic amines) is 1. The Morgan fingerprint density at radius 3 is 2.73 bits per heavy atom. The maximum atomic E-state index is 12.6. The van der Waals surface area contributed by atoms with Crippen LogP contribution in [0.15, 0.2) is 48.9 Å². The molecule has 136 valence electrons. The number of aromatic nitrogens is 2. The molecule has 2 saturated heterocycles. The third kappa shape index (κ3) is 3.76. The van der Waals surface area contributed by atoms with Crippen molar-refractivity contribution in [1.29, 1.82) is 0 Å². The van der Waals surface area contributed by atoms with Crippen LogP contribution in [0.3, 0.4) is 0 Å². The molecule has 2 aromatic rings. The summed E-state index contributed by atoms with van der Waals surface area (Å²) in [6, 6.07) is 9.55. The van der Waals surface area contributed by atoms with Crippen molar-refractivity contribution in [1.82, 2.24) is 19.8 Å². The molecule has 0 radical (unpaired) electrons. The van der Waals surface area contributed by atoms with Crippen molar-refractivity contribution in [3.05, 3.63) is 60.2 Å². The van der Waals surface area contributed by atoms with Gasteiger partial charge in [-0.15, -0.1) is 0 Å². The Bertz CT molecular complexity index is 730. The molecule has 2 aliphatic rings. The maximum Gasteiger partial charge on any atom is 0.272 e. The summed E-state index contributed by atoms with van der Waals surface area (Å²) in [5.74, 6) is 0.0171. The molecular weight excluding hydrogens is 328 g/mol. The van der Waals surface area contributed by atoms with Gasteiger partial charge in [-0.05, 0) is 36.6 Å². The highest BCUT2D eigenvalue weighted by atomic mass is 16.5. The lowest BCUT2D eigenvalue weighted by Gasteiger charge is -2.47. The van der Waals surface area contributed by atoms with E-state index >= 15 is 0 Å². The van der Waals surface area contributed by atoms with Gasteiger partial charge in [-0.2, -0.15) is 0 Å². The van der Waals surface area contributed by atoms with Crippen LogP contribution in [-0.2, 0) is 11.3 Å². The summed E-state index contributed by atoms with van der Waals surface area (Å²) in [6.07, 6.45) is 7.14. The molecule has 0 aliphatic carbocycles. The van der Waals surface area contributed by atoms with Crippen molar-refractivity contribution in [3.63, 3.8) is 0 Å². The van der Waals surface area contributed by atoms with Crippen molar-refractivity contribution in [3.8, 4) is 0 Å². The molecule has 1 spiro atoms. The number of hydrogen-bond acceptors (Lipinski definition) is 5. The topological polar surface area (TPSA) is 58.6 Å². The maximum absolute atomic E-state index is 12.6. The zero-order chi connectivity index (χ0) is 17.8. The van der Waals surface area contributed by atoms with E-state index in [1.807, 2.05) is 29.3 Å². The molecule has 0 bridgehead atoms. The van der Waals surface area contributed by atoms with Gasteiger partial charge in [-0.3, -0.25) is 19.7 Å². The van der Waals surface area contributed by atoms with Crippen LogP contribution in [0.2, 0.25) is 0 Å². The molecule has 6 nitrogen and oxygen atoms in total. The lowest BCUT2D eigenvalue weighted by atomic mass is 9.89. The number of piperidine rings is 1. The largest absolute Gasteiger partial charge is 0.372 e. The Labute approximate surface area is 153 Å². The van der Waals surface area contributed by atoms with E-state index in [4.69, 9.17) is 4.74 Å². The summed E-state index contributed by atoms with van der Waals surface area (Å²) >= 11 is 0. The monoisotopic (exact) mass is 352 g/mol. The number of nitrogens with zero attached hydrogens (tertiary/aromatic N) is 4. The first-order valence-electron chi connectivity index (χ1n) is 9.20. The molecule has 0 N–H and O–H groups in total. The molecule has 0 aromatic carbocycles. The molecule has 1 amide bonds. The van der Waals surface area contributed by atoms with Crippen LogP contribution in [0.5, 0.6) is 0 Å². The quantitative estimate of drug-likeness (QED) is 0.845. The minimum absolute atomic E-state index is 0.0171. The molecule has 0 unspecified atom stereocenters. The van der Waals surface area contributed by atoms with Crippen molar-refractivity contribution < 1.29 is 9.53 Å². The van der Waals surface area contributed by atoms with Gasteiger partial charge in [-0.1, -0.05) is 12.1 Å². The van der Waals surface area contributed by atoms with Gasteiger partial charge in [0.1, 0.15) is 5.69 Å². The van der Waals surface area contributed by atoms with Gasteiger partial charge in [0.15, 0.2) is 0 Å². The average molecular weight is 352 g/mol. The van der Waals surface area contributed by atoms with Crippen LogP contribution in [0.25, 0.3) is 0 Å². The smallest absolute Gasteiger partial charge is 0.272 e. The van der Waals surface area contributed by atoms with Gasteiger partial charge < -0.3 is 9.64 Å². The lowest BCUT2D eigenvalue weighted by Crippen LogP contribution is -2.57. The zero-order valence-electron chi connectivity index (χ0n) is 14.9. The van der Waals surface area contributed by atoms with E-state index in [0.717, 1.165) is 52.2 Å². The van der Waals surface area contributed by atoms with E-state index in [9.17, 15) is 4.79 Å². The third-order valence-electron chi connectivity index (χ3n) is 5.30. The number of carbonyl (C=O) groups is 1. The van der Waals surface area contributed by atoms with Gasteiger partial charge in [0, 0.05) is 51.3 Å². The minimum atomic E-state index is -0.138. The number of carbonyl (C=O) groups excluding carboxylic acids is 1. The van der Waals surface area contributed by atoms with E-state index in [1.54, 1.807) is 18.5 Å². The standard InChI is InChI=1S/C20H24N4O2/c25-19(18-5-1-2-9-22-18)24-10-6-20(7-11-24)16-23(12-13-26-20)15-17-4-3-8-21-14-17/h1-5,8-9,14H,6-7,10-13,15-16H2. The molecule has 2 fully saturated rings. The second-order valence-corrected chi connectivity index (χ2v) is 7.11. The average Bonchev–Trinajstić information content (AvgIpc) is 2.70. The third-order valence-corrected chi connectivity index (χ3v) is 5.30. The van der Waals surface area contributed by atoms with Gasteiger partial charge >= 0.3 is 0 Å². The van der Waals surface area contributed by atoms with Crippen molar-refractivity contribution >= 4 is 5.91 Å². The second-order valence-electron chi connectivity index (χ2n) is 7.11. The van der Waals surface area contributed by atoms with Crippen LogP contribution in [-0.4, -0.2) is 64.1 Å². The zero-order valence-corrected chi connectivity index (χ0v) is 14.9. The van der Waals surface area contributed by atoms with Crippen LogP contribution >= 0.6 is 0 Å². The van der Waals surface area contributed by atoms with Crippen molar-refractivity contribution in [2.75, 3.05) is 32.8 Å². The second kappa shape index (κ2) is 7.51. The Hall–Kier alpha value is -2.31. The molecule has 0 saturated carbocycles. The predicted molar refractivity (Wildman–Crippen MR) is 97.6 cm³/mol. The van der Waals surface area contributed by atoms with Crippen LogP contribution in [0.1, 0.15) is 28.9 Å². The number of morpholine rings is 1. The molecular formula is C20H24N4O2. The first-order valence-corrected chi connectivity index (χ1v) is 9.20. The Balaban J connectivity index is 1.36. The molecule has 2 aromatic heterocycles. The fraction of sp³-hybridized carbons (Fsp3) is 0.450. The SMILES string of the molecule is O=C(c1ccccn1)N1CCC2(CC1)CN(Cc1cccnc1)CCO2. The van der Waals surface area contributed by atoms with Crippen molar-refractivity contribution in [2.24, 2.45) is 0 Å². The Morgan fingerprint density at radius 1 is 1.12 bits per heavy atom. The number of rotatable bonds is 3. The normalized spacial score (nSPS) is 20.2. The number of hydrogen-bond donors (Lipinski definition) is 0.